The molecule has 0 heterocycles. The van der Waals surface area contributed by atoms with Crippen LogP contribution in [-0.2, 0) is 9.53 Å². The fourth-order valence-corrected chi connectivity index (χ4v) is 9.94. The minimum Gasteiger partial charge on any atom is -0.494 e. The maximum absolute atomic E-state index is 13.7. The molecule has 0 N–H and O–H groups in total. The molecule has 10 heteroatoms. The lowest BCUT2D eigenvalue weighted by molar-refractivity contribution is -0.147. The lowest BCUT2D eigenvalue weighted by atomic mass is 10.1. The van der Waals surface area contributed by atoms with Crippen LogP contribution >= 0.6 is 0 Å². The van der Waals surface area contributed by atoms with Gasteiger partial charge in [-0.1, -0.05) is 166 Å². The van der Waals surface area contributed by atoms with Crippen molar-refractivity contribution in [3.8, 4) is 56.8 Å². The first-order chi connectivity index (χ1) is 39.3. The summed E-state index contributed by atoms with van der Waals surface area (Å²) in [6, 6.07) is 41.4. The maximum atomic E-state index is 13.7. The lowest BCUT2D eigenvalue weighted by Gasteiger charge is -2.16. The number of carbonyl (C=O) groups is 3. The predicted octanol–water partition coefficient (Wildman–Crippen LogP) is 18.7. The van der Waals surface area contributed by atoms with Crippen LogP contribution in [0.1, 0.15) is 206 Å². The van der Waals surface area contributed by atoms with Gasteiger partial charge in [0.2, 0.25) is 0 Å². The predicted molar refractivity (Wildman–Crippen MR) is 320 cm³/mol. The number of esters is 3. The van der Waals surface area contributed by atoms with Crippen molar-refractivity contribution < 1.29 is 47.5 Å². The third-order valence-corrected chi connectivity index (χ3v) is 14.6. The van der Waals surface area contributed by atoms with Crippen LogP contribution in [0.3, 0.4) is 0 Å². The summed E-state index contributed by atoms with van der Waals surface area (Å²) in [5, 5.41) is 0. The number of fused-ring (bicyclic) bond motifs is 3. The highest BCUT2D eigenvalue weighted by Gasteiger charge is 2.33. The zero-order valence-corrected chi connectivity index (χ0v) is 48.0. The molecule has 0 aliphatic heterocycles. The molecule has 7 rings (SSSR count). The third kappa shape index (κ3) is 19.9. The standard InChI is InChI=1S/C70H86O10/c1-4-7-10-13-19-24-49-76-57-35-27-53(28-36-57)54-29-37-58(38-30-54)77-50-25-20-17-15-14-16-18-21-26-67(71)80-68-65-51-61(78-69(72)55-31-39-59(40-32-55)74-47-22-11-8-5-2)43-45-63(65)64-46-44-62(52-66(64)68)79-70(73)56-33-41-60(42-34-56)75-48-23-12-9-6-3/h27-46,51-52,68H,4-26,47-50H2,1-3H3. The van der Waals surface area contributed by atoms with Crippen molar-refractivity contribution in [1.82, 2.24) is 0 Å². The Morgan fingerprint density at radius 1 is 0.338 bits per heavy atom. The number of ether oxygens (including phenoxy) is 7. The van der Waals surface area contributed by atoms with Crippen molar-refractivity contribution in [3.63, 3.8) is 0 Å². The molecule has 80 heavy (non-hydrogen) atoms. The molecule has 10 nitrogen and oxygen atoms in total. The van der Waals surface area contributed by atoms with E-state index in [4.69, 9.17) is 33.2 Å². The maximum Gasteiger partial charge on any atom is 0.343 e. The summed E-state index contributed by atoms with van der Waals surface area (Å²) in [7, 11) is 0. The van der Waals surface area contributed by atoms with E-state index < -0.39 is 18.0 Å². The van der Waals surface area contributed by atoms with Crippen LogP contribution in [0.25, 0.3) is 22.3 Å². The Labute approximate surface area is 476 Å². The average Bonchev–Trinajstić information content (AvgIpc) is 3.84. The van der Waals surface area contributed by atoms with Crippen molar-refractivity contribution in [1.29, 1.82) is 0 Å². The van der Waals surface area contributed by atoms with Gasteiger partial charge in [0.05, 0.1) is 37.6 Å². The Kier molecular flexibility index (Phi) is 25.9. The van der Waals surface area contributed by atoms with E-state index in [2.05, 4.69) is 57.2 Å². The molecule has 1 aliphatic rings. The van der Waals surface area contributed by atoms with Gasteiger partial charge in [0, 0.05) is 17.5 Å². The summed E-state index contributed by atoms with van der Waals surface area (Å²) in [4.78, 5) is 40.5. The highest BCUT2D eigenvalue weighted by Crippen LogP contribution is 2.48. The molecule has 0 saturated carbocycles. The van der Waals surface area contributed by atoms with Crippen LogP contribution in [0.4, 0.5) is 0 Å². The van der Waals surface area contributed by atoms with E-state index in [1.165, 1.54) is 44.9 Å². The largest absolute Gasteiger partial charge is 0.494 e. The van der Waals surface area contributed by atoms with Gasteiger partial charge in [0.25, 0.3) is 0 Å². The molecule has 0 saturated heterocycles. The first kappa shape index (κ1) is 60.6. The topological polar surface area (TPSA) is 116 Å². The Balaban J connectivity index is 0.851. The second kappa shape index (κ2) is 34.2. The second-order valence-corrected chi connectivity index (χ2v) is 21.1. The van der Waals surface area contributed by atoms with Gasteiger partial charge in [0.15, 0.2) is 6.10 Å². The molecule has 0 aromatic heterocycles. The van der Waals surface area contributed by atoms with Gasteiger partial charge in [-0.15, -0.1) is 0 Å². The molecule has 6 aromatic carbocycles. The second-order valence-electron chi connectivity index (χ2n) is 21.1. The fraction of sp³-hybridized carbons (Fsp3) is 0.443. The van der Waals surface area contributed by atoms with Crippen molar-refractivity contribution in [2.75, 3.05) is 26.4 Å². The zero-order chi connectivity index (χ0) is 56.0. The van der Waals surface area contributed by atoms with Gasteiger partial charge in [-0.3, -0.25) is 4.79 Å². The molecule has 0 fully saturated rings. The molecular weight excluding hydrogens is 1000 g/mol. The van der Waals surface area contributed by atoms with Gasteiger partial charge in [-0.2, -0.15) is 0 Å². The number of unbranched alkanes of at least 4 members (excludes halogenated alkanes) is 18. The summed E-state index contributed by atoms with van der Waals surface area (Å²) >= 11 is 0. The average molecular weight is 1090 g/mol. The zero-order valence-electron chi connectivity index (χ0n) is 48.0. The van der Waals surface area contributed by atoms with Crippen molar-refractivity contribution in [3.05, 3.63) is 156 Å². The molecule has 426 valence electrons. The lowest BCUT2D eigenvalue weighted by Crippen LogP contribution is -2.12. The number of benzene rings is 6. The number of carbonyl (C=O) groups excluding carboxylic acids is 3. The summed E-state index contributed by atoms with van der Waals surface area (Å²) in [5.41, 5.74) is 6.13. The Bertz CT molecular complexity index is 2640. The van der Waals surface area contributed by atoms with E-state index in [0.717, 1.165) is 130 Å². The van der Waals surface area contributed by atoms with Crippen molar-refractivity contribution in [2.24, 2.45) is 0 Å². The van der Waals surface area contributed by atoms with Crippen LogP contribution in [0.5, 0.6) is 34.5 Å². The Hall–Kier alpha value is -7.07. The first-order valence-corrected chi connectivity index (χ1v) is 30.2. The van der Waals surface area contributed by atoms with Crippen LogP contribution in [0.2, 0.25) is 0 Å². The molecule has 0 atom stereocenters. The molecular formula is C70H86O10. The van der Waals surface area contributed by atoms with Crippen molar-refractivity contribution >= 4 is 17.9 Å². The van der Waals surface area contributed by atoms with Crippen LogP contribution in [0.15, 0.2) is 133 Å². The molecule has 6 aromatic rings. The molecule has 0 amide bonds. The van der Waals surface area contributed by atoms with Crippen LogP contribution in [-0.4, -0.2) is 44.3 Å². The Morgan fingerprint density at radius 3 is 1.00 bits per heavy atom. The fourth-order valence-electron chi connectivity index (χ4n) is 9.94. The summed E-state index contributed by atoms with van der Waals surface area (Å²) in [6.07, 6.45) is 24.0. The van der Waals surface area contributed by atoms with E-state index in [1.807, 2.05) is 24.3 Å². The van der Waals surface area contributed by atoms with Gasteiger partial charge in [-0.25, -0.2) is 9.59 Å². The minimum absolute atomic E-state index is 0.264. The molecule has 0 spiro atoms. The quantitative estimate of drug-likeness (QED) is 0.0211. The van der Waals surface area contributed by atoms with E-state index >= 15 is 0 Å². The molecule has 0 unspecified atom stereocenters. The van der Waals surface area contributed by atoms with E-state index in [0.29, 0.717) is 71.5 Å². The molecule has 1 aliphatic carbocycles. The van der Waals surface area contributed by atoms with Gasteiger partial charge < -0.3 is 33.2 Å². The summed E-state index contributed by atoms with van der Waals surface area (Å²) < 4.78 is 41.9. The van der Waals surface area contributed by atoms with Gasteiger partial charge >= 0.3 is 17.9 Å². The molecule has 0 radical (unpaired) electrons. The van der Waals surface area contributed by atoms with Crippen LogP contribution in [0, 0.1) is 0 Å². The van der Waals surface area contributed by atoms with E-state index in [1.54, 1.807) is 72.8 Å². The number of hydrogen-bond acceptors (Lipinski definition) is 10. The van der Waals surface area contributed by atoms with Gasteiger partial charge in [0.1, 0.15) is 34.5 Å². The minimum atomic E-state index is -0.807. The number of rotatable bonds is 38. The first-order valence-electron chi connectivity index (χ1n) is 30.2. The summed E-state index contributed by atoms with van der Waals surface area (Å²) in [5.74, 6) is 2.49. The van der Waals surface area contributed by atoms with Gasteiger partial charge in [-0.05, 0) is 151 Å². The van der Waals surface area contributed by atoms with Crippen molar-refractivity contribution in [2.45, 2.75) is 175 Å². The highest BCUT2D eigenvalue weighted by molar-refractivity contribution is 5.92. The SMILES string of the molecule is CCCCCCCCOc1ccc(-c2ccc(OCCCCCCCCCCC(=O)OC3c4cc(OC(=O)c5ccc(OCCCCCC)cc5)ccc4-c4ccc(OC(=O)c5ccc(OCCCCCC)cc5)cc43)cc2)cc1. The third-order valence-electron chi connectivity index (χ3n) is 14.6. The van der Waals surface area contributed by atoms with Crippen LogP contribution < -0.4 is 28.4 Å². The Morgan fingerprint density at radius 2 is 0.637 bits per heavy atom. The summed E-state index contributed by atoms with van der Waals surface area (Å²) in [6.45, 7) is 9.32. The molecule has 0 bridgehead atoms. The highest BCUT2D eigenvalue weighted by atomic mass is 16.6. The monoisotopic (exact) mass is 1090 g/mol. The van der Waals surface area contributed by atoms with E-state index in [9.17, 15) is 14.4 Å². The smallest absolute Gasteiger partial charge is 0.343 e. The van der Waals surface area contributed by atoms with E-state index in [-0.39, 0.29) is 12.4 Å². The normalized spacial score (nSPS) is 11.6. The number of hydrogen-bond donors (Lipinski definition) is 0.